The average Bonchev–Trinajstić information content (AvgIpc) is 2.54. The molecule has 1 aromatic rings. The predicted molar refractivity (Wildman–Crippen MR) is 101 cm³/mol. The van der Waals surface area contributed by atoms with Crippen LogP contribution in [0.2, 0.25) is 10.0 Å². The van der Waals surface area contributed by atoms with E-state index in [9.17, 15) is 14.6 Å². The van der Waals surface area contributed by atoms with Crippen LogP contribution in [0.1, 0.15) is 32.4 Å². The summed E-state index contributed by atoms with van der Waals surface area (Å²) in [6, 6.07) is 3.94. The molecule has 3 atom stereocenters. The largest absolute Gasteiger partial charge is 0.391 e. The maximum Gasteiger partial charge on any atom is 0.257 e. The Morgan fingerprint density at radius 2 is 1.80 bits per heavy atom. The number of halogens is 2. The summed E-state index contributed by atoms with van der Waals surface area (Å²) in [6.07, 6.45) is -1.34. The predicted octanol–water partition coefficient (Wildman–Crippen LogP) is 3.63. The molecule has 0 spiro atoms. The molecule has 1 rings (SSSR count). The van der Waals surface area contributed by atoms with Gasteiger partial charge in [-0.25, -0.2) is 0 Å². The average molecular weight is 414 g/mol. The Labute approximate surface area is 158 Å². The molecule has 0 aromatic heterocycles. The standard InChI is InChI=1S/C16H26Cl2NO5P/c1-4-23-16(24-5-2)25(21,22)10-13(20)9-19-11(3)12-6-7-14(17)15(18)8-12/h6-8,11,13,16,19-20H,4-5,9-10H2,1-3H3,(H,21,22). The van der Waals surface area contributed by atoms with Crippen molar-refractivity contribution >= 4 is 30.6 Å². The molecule has 0 fully saturated rings. The molecule has 25 heavy (non-hydrogen) atoms. The SMILES string of the molecule is CCOC(OCC)P(=O)(O)CC(O)CNC(C)c1ccc(Cl)c(Cl)c1. The van der Waals surface area contributed by atoms with Crippen LogP contribution in [-0.2, 0) is 14.0 Å². The van der Waals surface area contributed by atoms with Gasteiger partial charge >= 0.3 is 0 Å². The quantitative estimate of drug-likeness (QED) is 0.379. The number of aliphatic hydroxyl groups is 1. The number of aliphatic hydroxyl groups excluding tert-OH is 1. The highest BCUT2D eigenvalue weighted by molar-refractivity contribution is 7.58. The topological polar surface area (TPSA) is 88.0 Å². The molecule has 0 saturated heterocycles. The van der Waals surface area contributed by atoms with E-state index in [2.05, 4.69) is 5.32 Å². The van der Waals surface area contributed by atoms with Gasteiger partial charge in [-0.05, 0) is 38.5 Å². The first-order valence-electron chi connectivity index (χ1n) is 8.12. The summed E-state index contributed by atoms with van der Waals surface area (Å²) in [7, 11) is -3.81. The molecular formula is C16H26Cl2NO5P. The Kier molecular flexibility index (Phi) is 9.93. The third-order valence-electron chi connectivity index (χ3n) is 3.52. The summed E-state index contributed by atoms with van der Waals surface area (Å²) >= 11 is 11.9. The molecule has 0 aliphatic rings. The highest BCUT2D eigenvalue weighted by atomic mass is 35.5. The Morgan fingerprint density at radius 1 is 1.20 bits per heavy atom. The van der Waals surface area contributed by atoms with Gasteiger partial charge in [0.1, 0.15) is 0 Å². The third-order valence-corrected chi connectivity index (χ3v) is 6.16. The van der Waals surface area contributed by atoms with Crippen LogP contribution in [0.5, 0.6) is 0 Å². The maximum atomic E-state index is 12.4. The molecule has 6 nitrogen and oxygen atoms in total. The van der Waals surface area contributed by atoms with Gasteiger partial charge in [0.15, 0.2) is 0 Å². The molecule has 0 saturated carbocycles. The lowest BCUT2D eigenvalue weighted by Crippen LogP contribution is -2.33. The first kappa shape index (κ1) is 22.9. The molecule has 0 amide bonds. The van der Waals surface area contributed by atoms with Gasteiger partial charge in [0.05, 0.1) is 22.3 Å². The van der Waals surface area contributed by atoms with Gasteiger partial charge in [-0.3, -0.25) is 4.57 Å². The zero-order chi connectivity index (χ0) is 19.0. The molecule has 0 heterocycles. The van der Waals surface area contributed by atoms with Gasteiger partial charge in [-0.1, -0.05) is 29.3 Å². The van der Waals surface area contributed by atoms with Gasteiger partial charge in [-0.2, -0.15) is 0 Å². The van der Waals surface area contributed by atoms with Crippen LogP contribution in [0.3, 0.4) is 0 Å². The third kappa shape index (κ3) is 7.53. The molecule has 0 bridgehead atoms. The summed E-state index contributed by atoms with van der Waals surface area (Å²) in [5.41, 5.74) is 0.898. The molecule has 144 valence electrons. The smallest absolute Gasteiger partial charge is 0.257 e. The zero-order valence-electron chi connectivity index (χ0n) is 14.6. The Bertz CT molecular complexity index is 584. The van der Waals surface area contributed by atoms with Gasteiger partial charge in [0.25, 0.3) is 7.37 Å². The molecule has 0 aliphatic heterocycles. The number of hydrogen-bond donors (Lipinski definition) is 3. The first-order chi connectivity index (χ1) is 11.7. The normalized spacial score (nSPS) is 16.6. The molecule has 9 heteroatoms. The van der Waals surface area contributed by atoms with Crippen molar-refractivity contribution in [3.05, 3.63) is 33.8 Å². The highest BCUT2D eigenvalue weighted by Gasteiger charge is 2.34. The lowest BCUT2D eigenvalue weighted by Gasteiger charge is -2.25. The van der Waals surface area contributed by atoms with E-state index in [0.29, 0.717) is 10.0 Å². The minimum absolute atomic E-state index is 0.114. The molecular weight excluding hydrogens is 388 g/mol. The first-order valence-corrected chi connectivity index (χ1v) is 10.8. The number of nitrogens with one attached hydrogen (secondary N) is 1. The minimum Gasteiger partial charge on any atom is -0.391 e. The van der Waals surface area contributed by atoms with E-state index in [1.807, 2.05) is 13.0 Å². The number of rotatable bonds is 11. The number of hydrogen-bond acceptors (Lipinski definition) is 5. The van der Waals surface area contributed by atoms with E-state index in [4.69, 9.17) is 32.7 Å². The van der Waals surface area contributed by atoms with Gasteiger partial charge < -0.3 is 24.8 Å². The van der Waals surface area contributed by atoms with E-state index in [-0.39, 0.29) is 32.0 Å². The van der Waals surface area contributed by atoms with E-state index in [0.717, 1.165) is 5.56 Å². The van der Waals surface area contributed by atoms with Crippen molar-refractivity contribution in [3.63, 3.8) is 0 Å². The summed E-state index contributed by atoms with van der Waals surface area (Å²) in [5, 5.41) is 14.1. The summed E-state index contributed by atoms with van der Waals surface area (Å²) < 4.78 is 22.7. The van der Waals surface area contributed by atoms with Crippen molar-refractivity contribution in [2.45, 2.75) is 38.9 Å². The van der Waals surface area contributed by atoms with Crippen molar-refractivity contribution in [2.24, 2.45) is 0 Å². The van der Waals surface area contributed by atoms with Crippen LogP contribution >= 0.6 is 30.6 Å². The van der Waals surface area contributed by atoms with E-state index >= 15 is 0 Å². The van der Waals surface area contributed by atoms with E-state index < -0.39 is 19.5 Å². The maximum absolute atomic E-state index is 12.4. The Hall–Kier alpha value is -0.170. The molecule has 0 aliphatic carbocycles. The summed E-state index contributed by atoms with van der Waals surface area (Å²) in [6.45, 7) is 5.95. The summed E-state index contributed by atoms with van der Waals surface area (Å²) in [5.74, 6) is 0. The number of benzene rings is 1. The van der Waals surface area contributed by atoms with E-state index in [1.54, 1.807) is 26.0 Å². The van der Waals surface area contributed by atoms with Gasteiger partial charge in [0.2, 0.25) is 6.03 Å². The second kappa shape index (κ2) is 10.9. The molecule has 3 unspecified atom stereocenters. The lowest BCUT2D eigenvalue weighted by atomic mass is 10.1. The van der Waals surface area contributed by atoms with Crippen molar-refractivity contribution < 1.29 is 24.0 Å². The lowest BCUT2D eigenvalue weighted by molar-refractivity contribution is -0.0876. The highest BCUT2D eigenvalue weighted by Crippen LogP contribution is 2.47. The Balaban J connectivity index is 2.58. The zero-order valence-corrected chi connectivity index (χ0v) is 17.0. The van der Waals surface area contributed by atoms with Crippen molar-refractivity contribution in [1.82, 2.24) is 5.32 Å². The van der Waals surface area contributed by atoms with Crippen LogP contribution in [0.25, 0.3) is 0 Å². The van der Waals surface area contributed by atoms with Crippen molar-refractivity contribution in [1.29, 1.82) is 0 Å². The van der Waals surface area contributed by atoms with Crippen molar-refractivity contribution in [2.75, 3.05) is 25.9 Å². The second-order valence-corrected chi connectivity index (χ2v) is 8.73. The van der Waals surface area contributed by atoms with Crippen LogP contribution in [0.4, 0.5) is 0 Å². The Morgan fingerprint density at radius 3 is 2.32 bits per heavy atom. The van der Waals surface area contributed by atoms with Crippen LogP contribution in [-0.4, -0.2) is 48.1 Å². The monoisotopic (exact) mass is 413 g/mol. The second-order valence-electron chi connectivity index (χ2n) is 5.61. The fourth-order valence-electron chi connectivity index (χ4n) is 2.23. The number of ether oxygens (including phenoxy) is 2. The summed E-state index contributed by atoms with van der Waals surface area (Å²) in [4.78, 5) is 10.1. The molecule has 1 aromatic carbocycles. The van der Waals surface area contributed by atoms with Crippen molar-refractivity contribution in [3.8, 4) is 0 Å². The van der Waals surface area contributed by atoms with E-state index in [1.165, 1.54) is 0 Å². The van der Waals surface area contributed by atoms with Crippen LogP contribution in [0.15, 0.2) is 18.2 Å². The molecule has 3 N–H and O–H groups in total. The van der Waals surface area contributed by atoms with Crippen LogP contribution in [0, 0.1) is 0 Å². The minimum atomic E-state index is -3.81. The van der Waals surface area contributed by atoms with Gasteiger partial charge in [-0.15, -0.1) is 0 Å². The van der Waals surface area contributed by atoms with Crippen LogP contribution < -0.4 is 5.32 Å². The fraction of sp³-hybridized carbons (Fsp3) is 0.625. The van der Waals surface area contributed by atoms with Gasteiger partial charge in [0, 0.05) is 25.8 Å². The molecule has 0 radical (unpaired) electrons. The fourth-order valence-corrected chi connectivity index (χ4v) is 4.21.